The van der Waals surface area contributed by atoms with Gasteiger partial charge in [0.25, 0.3) is 0 Å². The van der Waals surface area contributed by atoms with Crippen molar-refractivity contribution in [1.29, 1.82) is 0 Å². The number of aromatic nitrogens is 1. The number of alkyl halides is 1. The molecule has 3 heteroatoms. The molecule has 2 atom stereocenters. The molecule has 3 rings (SSSR count). The summed E-state index contributed by atoms with van der Waals surface area (Å²) in [7, 11) is 0. The Hall–Kier alpha value is -0.160. The van der Waals surface area contributed by atoms with Crippen LogP contribution in [0.15, 0.2) is 18.3 Å². The molecule has 1 aliphatic carbocycles. The molecule has 1 saturated heterocycles. The van der Waals surface area contributed by atoms with Gasteiger partial charge in [-0.05, 0) is 0 Å². The van der Waals surface area contributed by atoms with E-state index >= 15 is 0 Å². The molecule has 2 fully saturated rings. The quantitative estimate of drug-likeness (QED) is 0.382. The third kappa shape index (κ3) is 1.60. The van der Waals surface area contributed by atoms with Crippen molar-refractivity contribution in [2.24, 2.45) is 11.8 Å². The van der Waals surface area contributed by atoms with Gasteiger partial charge < -0.3 is 0 Å². The van der Waals surface area contributed by atoms with E-state index in [0.29, 0.717) is 21.5 Å². The summed E-state index contributed by atoms with van der Waals surface area (Å²) in [6.07, 6.45) is 1.90. The van der Waals surface area contributed by atoms with Gasteiger partial charge in [0.2, 0.25) is 0 Å². The standard InChI is InChI=1S/C12H16IN2/c1-8-9(4-3-5-14-8)12-10-6-15(13-2)7-11(10)12/h3-5,10-12H,6-7H2,1-2H3/q-1. The zero-order chi connectivity index (χ0) is 10.4. The predicted octanol–water partition coefficient (Wildman–Crippen LogP) is -1.33. The van der Waals surface area contributed by atoms with Crippen LogP contribution in [0.2, 0.25) is 0 Å². The molecule has 82 valence electrons. The van der Waals surface area contributed by atoms with Gasteiger partial charge in [0.15, 0.2) is 0 Å². The Labute approximate surface area is 102 Å². The maximum atomic E-state index is 4.40. The molecule has 1 saturated carbocycles. The molecule has 0 bridgehead atoms. The number of hydrogen-bond acceptors (Lipinski definition) is 2. The molecule has 0 aromatic carbocycles. The number of pyridine rings is 1. The number of rotatable bonds is 2. The second-order valence-electron chi connectivity index (χ2n) is 4.53. The fourth-order valence-corrected chi connectivity index (χ4v) is 4.62. The SMILES string of the molecule is C[I-]N1CC2C(C1)C2c1cccnc1C. The van der Waals surface area contributed by atoms with Crippen LogP contribution in [0.5, 0.6) is 0 Å². The van der Waals surface area contributed by atoms with Gasteiger partial charge in [0.1, 0.15) is 0 Å². The Morgan fingerprint density at radius 2 is 2.13 bits per heavy atom. The molecular formula is C12H16IN2-. The molecule has 0 N–H and O–H groups in total. The van der Waals surface area contributed by atoms with Crippen LogP contribution in [-0.2, 0) is 0 Å². The van der Waals surface area contributed by atoms with Gasteiger partial charge in [-0.15, -0.1) is 0 Å². The summed E-state index contributed by atoms with van der Waals surface area (Å²) in [6, 6.07) is 4.36. The van der Waals surface area contributed by atoms with Crippen LogP contribution in [0.4, 0.5) is 0 Å². The Bertz CT molecular complexity index is 368. The zero-order valence-corrected chi connectivity index (χ0v) is 11.3. The van der Waals surface area contributed by atoms with Gasteiger partial charge in [-0.1, -0.05) is 0 Å². The van der Waals surface area contributed by atoms with E-state index in [1.165, 1.54) is 24.3 Å². The number of nitrogens with zero attached hydrogens (tertiary/aromatic N) is 2. The first-order valence-electron chi connectivity index (χ1n) is 5.47. The molecule has 2 unspecified atom stereocenters. The molecular weight excluding hydrogens is 299 g/mol. The van der Waals surface area contributed by atoms with E-state index in [9.17, 15) is 0 Å². The number of hydrogen-bond donors (Lipinski definition) is 0. The number of piperidine rings is 1. The van der Waals surface area contributed by atoms with Crippen LogP contribution < -0.4 is 21.5 Å². The fraction of sp³-hybridized carbons (Fsp3) is 0.583. The number of fused-ring (bicyclic) bond motifs is 1. The Balaban J connectivity index is 1.77. The Morgan fingerprint density at radius 1 is 1.40 bits per heavy atom. The number of halogens is 1. The van der Waals surface area contributed by atoms with Crippen molar-refractivity contribution in [3.05, 3.63) is 29.6 Å². The molecule has 2 heterocycles. The van der Waals surface area contributed by atoms with Gasteiger partial charge in [-0.25, -0.2) is 0 Å². The monoisotopic (exact) mass is 315 g/mol. The summed E-state index contributed by atoms with van der Waals surface area (Å²) in [4.78, 5) is 6.77. The van der Waals surface area contributed by atoms with Gasteiger partial charge in [-0.2, -0.15) is 0 Å². The second kappa shape index (κ2) is 3.70. The first kappa shape index (κ1) is 10.0. The van der Waals surface area contributed by atoms with E-state index in [-0.39, 0.29) is 0 Å². The minimum absolute atomic E-state index is 0.327. The minimum atomic E-state index is 0.327. The first-order chi connectivity index (χ1) is 7.31. The summed E-state index contributed by atoms with van der Waals surface area (Å²) >= 11 is 0.327. The maximum absolute atomic E-state index is 4.40. The summed E-state index contributed by atoms with van der Waals surface area (Å²) in [6.45, 7) is 4.86. The van der Waals surface area contributed by atoms with Crippen molar-refractivity contribution in [2.75, 3.05) is 18.0 Å². The topological polar surface area (TPSA) is 16.1 Å². The molecule has 0 spiro atoms. The van der Waals surface area contributed by atoms with Crippen LogP contribution >= 0.6 is 0 Å². The van der Waals surface area contributed by atoms with Crippen LogP contribution in [0.1, 0.15) is 17.2 Å². The van der Waals surface area contributed by atoms with E-state index in [0.717, 1.165) is 17.8 Å². The molecule has 1 aromatic rings. The van der Waals surface area contributed by atoms with Crippen LogP contribution in [0.3, 0.4) is 0 Å². The molecule has 1 aromatic heterocycles. The van der Waals surface area contributed by atoms with E-state index in [4.69, 9.17) is 0 Å². The average molecular weight is 315 g/mol. The van der Waals surface area contributed by atoms with Crippen molar-refractivity contribution in [3.8, 4) is 0 Å². The summed E-state index contributed by atoms with van der Waals surface area (Å²) in [5, 5.41) is 0. The van der Waals surface area contributed by atoms with Crippen molar-refractivity contribution in [2.45, 2.75) is 12.8 Å². The van der Waals surface area contributed by atoms with Gasteiger partial charge in [-0.3, -0.25) is 0 Å². The van der Waals surface area contributed by atoms with E-state index in [2.05, 4.69) is 32.1 Å². The second-order valence-corrected chi connectivity index (χ2v) is 6.86. The van der Waals surface area contributed by atoms with Gasteiger partial charge in [0, 0.05) is 0 Å². The van der Waals surface area contributed by atoms with Crippen LogP contribution in [0, 0.1) is 18.8 Å². The zero-order valence-electron chi connectivity index (χ0n) is 9.15. The summed E-state index contributed by atoms with van der Waals surface area (Å²) in [5.41, 5.74) is 2.76. The first-order valence-corrected chi connectivity index (χ1v) is 8.59. The summed E-state index contributed by atoms with van der Waals surface area (Å²) < 4.78 is 2.68. The molecule has 15 heavy (non-hydrogen) atoms. The van der Waals surface area contributed by atoms with E-state index < -0.39 is 0 Å². The van der Waals surface area contributed by atoms with Crippen LogP contribution in [0.25, 0.3) is 0 Å². The third-order valence-corrected chi connectivity index (χ3v) is 5.95. The van der Waals surface area contributed by atoms with E-state index in [1.54, 1.807) is 0 Å². The van der Waals surface area contributed by atoms with E-state index in [1.807, 2.05) is 6.20 Å². The van der Waals surface area contributed by atoms with Gasteiger partial charge in [0.05, 0.1) is 0 Å². The molecule has 0 amide bonds. The fourth-order valence-electron chi connectivity index (χ4n) is 2.92. The van der Waals surface area contributed by atoms with Crippen LogP contribution in [-0.4, -0.2) is 26.1 Å². The average Bonchev–Trinajstić information content (AvgIpc) is 2.73. The van der Waals surface area contributed by atoms with Gasteiger partial charge >= 0.3 is 102 Å². The molecule has 2 nitrogen and oxygen atoms in total. The summed E-state index contributed by atoms with van der Waals surface area (Å²) in [5.74, 6) is 2.74. The molecule has 0 radical (unpaired) electrons. The van der Waals surface area contributed by atoms with Crippen molar-refractivity contribution in [1.82, 2.24) is 8.10 Å². The predicted molar refractivity (Wildman–Crippen MR) is 56.2 cm³/mol. The third-order valence-electron chi connectivity index (χ3n) is 3.80. The normalized spacial score (nSPS) is 34.4. The van der Waals surface area contributed by atoms with Crippen molar-refractivity contribution in [3.63, 3.8) is 0 Å². The Morgan fingerprint density at radius 3 is 2.73 bits per heavy atom. The van der Waals surface area contributed by atoms with Crippen molar-refractivity contribution < 1.29 is 21.5 Å². The van der Waals surface area contributed by atoms with Crippen molar-refractivity contribution >= 4 is 0 Å². The number of aryl methyl sites for hydroxylation is 1. The Kier molecular flexibility index (Phi) is 2.47. The molecule has 1 aliphatic heterocycles. The molecule has 2 aliphatic rings.